The summed E-state index contributed by atoms with van der Waals surface area (Å²) in [5, 5.41) is 8.88. The van der Waals surface area contributed by atoms with Gasteiger partial charge in [-0.05, 0) is 33.6 Å². The highest BCUT2D eigenvalue weighted by molar-refractivity contribution is 5.83. The number of esters is 1. The number of hydrogen-bond donors (Lipinski definition) is 1. The highest BCUT2D eigenvalue weighted by Crippen LogP contribution is 2.43. The van der Waals surface area contributed by atoms with Gasteiger partial charge in [0.15, 0.2) is 0 Å². The van der Waals surface area contributed by atoms with E-state index in [-0.39, 0.29) is 12.4 Å². The molecular weight excluding hydrogens is 208 g/mol. The SMILES string of the molecule is CC(C)(C)OC(=O)C1(CC(=O)O)CCCC1. The van der Waals surface area contributed by atoms with Crippen molar-refractivity contribution in [3.63, 3.8) is 0 Å². The second-order valence-electron chi connectivity index (χ2n) is 5.56. The molecule has 1 aliphatic carbocycles. The predicted octanol–water partition coefficient (Wildman–Crippen LogP) is 2.36. The number of rotatable bonds is 3. The van der Waals surface area contributed by atoms with E-state index in [2.05, 4.69) is 0 Å². The van der Waals surface area contributed by atoms with E-state index in [1.807, 2.05) is 0 Å². The van der Waals surface area contributed by atoms with E-state index in [1.54, 1.807) is 20.8 Å². The standard InChI is InChI=1S/C12H20O4/c1-11(2,3)16-10(15)12(8-9(13)14)6-4-5-7-12/h4-8H2,1-3H3,(H,13,14). The van der Waals surface area contributed by atoms with Gasteiger partial charge in [-0.1, -0.05) is 12.8 Å². The summed E-state index contributed by atoms with van der Waals surface area (Å²) in [6.45, 7) is 5.40. The minimum absolute atomic E-state index is 0.109. The van der Waals surface area contributed by atoms with E-state index < -0.39 is 17.0 Å². The maximum absolute atomic E-state index is 12.0. The molecule has 0 aromatic heterocycles. The predicted molar refractivity (Wildman–Crippen MR) is 59.0 cm³/mol. The summed E-state index contributed by atoms with van der Waals surface area (Å²) in [6, 6.07) is 0. The zero-order chi connectivity index (χ0) is 12.4. The van der Waals surface area contributed by atoms with Crippen LogP contribution < -0.4 is 0 Å². The highest BCUT2D eigenvalue weighted by Gasteiger charge is 2.45. The van der Waals surface area contributed by atoms with E-state index >= 15 is 0 Å². The number of carboxylic acids is 1. The molecule has 1 fully saturated rings. The van der Waals surface area contributed by atoms with Crippen molar-refractivity contribution in [3.8, 4) is 0 Å². The Kier molecular flexibility index (Phi) is 3.61. The van der Waals surface area contributed by atoms with E-state index in [1.165, 1.54) is 0 Å². The third-order valence-electron chi connectivity index (χ3n) is 2.88. The lowest BCUT2D eigenvalue weighted by atomic mass is 9.82. The molecule has 92 valence electrons. The first kappa shape index (κ1) is 13.0. The molecule has 1 saturated carbocycles. The Morgan fingerprint density at radius 3 is 2.12 bits per heavy atom. The van der Waals surface area contributed by atoms with Crippen molar-refractivity contribution in [1.82, 2.24) is 0 Å². The minimum Gasteiger partial charge on any atom is -0.481 e. The van der Waals surface area contributed by atoms with Crippen LogP contribution in [0.25, 0.3) is 0 Å². The van der Waals surface area contributed by atoms with Crippen molar-refractivity contribution in [2.45, 2.75) is 58.5 Å². The van der Waals surface area contributed by atoms with Crippen molar-refractivity contribution < 1.29 is 19.4 Å². The van der Waals surface area contributed by atoms with E-state index in [9.17, 15) is 9.59 Å². The summed E-state index contributed by atoms with van der Waals surface area (Å²) in [4.78, 5) is 22.9. The lowest BCUT2D eigenvalue weighted by Gasteiger charge is -2.29. The van der Waals surface area contributed by atoms with Crippen molar-refractivity contribution in [2.24, 2.45) is 5.41 Å². The molecule has 4 nitrogen and oxygen atoms in total. The highest BCUT2D eigenvalue weighted by atomic mass is 16.6. The number of aliphatic carboxylic acids is 1. The zero-order valence-corrected chi connectivity index (χ0v) is 10.2. The van der Waals surface area contributed by atoms with Crippen LogP contribution in [0.2, 0.25) is 0 Å². The van der Waals surface area contributed by atoms with Gasteiger partial charge in [-0.25, -0.2) is 0 Å². The molecule has 0 aliphatic heterocycles. The molecule has 0 heterocycles. The van der Waals surface area contributed by atoms with Crippen LogP contribution in [0, 0.1) is 5.41 Å². The van der Waals surface area contributed by atoms with Gasteiger partial charge in [-0.2, -0.15) is 0 Å². The topological polar surface area (TPSA) is 63.6 Å². The summed E-state index contributed by atoms with van der Waals surface area (Å²) >= 11 is 0. The number of carbonyl (C=O) groups is 2. The van der Waals surface area contributed by atoms with Gasteiger partial charge in [-0.15, -0.1) is 0 Å². The monoisotopic (exact) mass is 228 g/mol. The van der Waals surface area contributed by atoms with Crippen LogP contribution in [-0.2, 0) is 14.3 Å². The van der Waals surface area contributed by atoms with Gasteiger partial charge < -0.3 is 9.84 Å². The lowest BCUT2D eigenvalue weighted by Crippen LogP contribution is -2.37. The zero-order valence-electron chi connectivity index (χ0n) is 10.2. The van der Waals surface area contributed by atoms with Crippen molar-refractivity contribution >= 4 is 11.9 Å². The fraction of sp³-hybridized carbons (Fsp3) is 0.833. The summed E-state index contributed by atoms with van der Waals surface area (Å²) in [6.07, 6.45) is 2.98. The van der Waals surface area contributed by atoms with Crippen LogP contribution in [0.5, 0.6) is 0 Å². The van der Waals surface area contributed by atoms with Gasteiger partial charge in [-0.3, -0.25) is 9.59 Å². The Balaban J connectivity index is 2.77. The number of ether oxygens (including phenoxy) is 1. The second-order valence-corrected chi connectivity index (χ2v) is 5.56. The fourth-order valence-corrected chi connectivity index (χ4v) is 2.18. The Labute approximate surface area is 96.0 Å². The van der Waals surface area contributed by atoms with Gasteiger partial charge in [0.25, 0.3) is 0 Å². The second kappa shape index (κ2) is 4.44. The first-order valence-corrected chi connectivity index (χ1v) is 5.70. The van der Waals surface area contributed by atoms with E-state index in [0.717, 1.165) is 12.8 Å². The molecular formula is C12H20O4. The fourth-order valence-electron chi connectivity index (χ4n) is 2.18. The molecule has 0 atom stereocenters. The Morgan fingerprint density at radius 1 is 1.25 bits per heavy atom. The van der Waals surface area contributed by atoms with Crippen LogP contribution in [0.3, 0.4) is 0 Å². The average molecular weight is 228 g/mol. The molecule has 0 unspecified atom stereocenters. The molecule has 1 N–H and O–H groups in total. The van der Waals surface area contributed by atoms with Crippen LogP contribution in [0.15, 0.2) is 0 Å². The molecule has 0 bridgehead atoms. The Bertz CT molecular complexity index is 282. The summed E-state index contributed by atoms with van der Waals surface area (Å²) in [5.74, 6) is -1.27. The smallest absolute Gasteiger partial charge is 0.313 e. The Hall–Kier alpha value is -1.06. The van der Waals surface area contributed by atoms with Crippen molar-refractivity contribution in [1.29, 1.82) is 0 Å². The van der Waals surface area contributed by atoms with Crippen LogP contribution in [0.1, 0.15) is 52.9 Å². The maximum Gasteiger partial charge on any atom is 0.313 e. The van der Waals surface area contributed by atoms with Gasteiger partial charge in [0.1, 0.15) is 5.60 Å². The molecule has 1 aliphatic rings. The van der Waals surface area contributed by atoms with E-state index in [0.29, 0.717) is 12.8 Å². The van der Waals surface area contributed by atoms with Crippen molar-refractivity contribution in [2.75, 3.05) is 0 Å². The van der Waals surface area contributed by atoms with Gasteiger partial charge in [0, 0.05) is 0 Å². The van der Waals surface area contributed by atoms with Crippen LogP contribution in [-0.4, -0.2) is 22.6 Å². The van der Waals surface area contributed by atoms with Gasteiger partial charge in [0.2, 0.25) is 0 Å². The van der Waals surface area contributed by atoms with Crippen molar-refractivity contribution in [3.05, 3.63) is 0 Å². The summed E-state index contributed by atoms with van der Waals surface area (Å²) in [5.41, 5.74) is -1.33. The quantitative estimate of drug-likeness (QED) is 0.753. The summed E-state index contributed by atoms with van der Waals surface area (Å²) < 4.78 is 5.32. The number of carboxylic acid groups (broad SMARTS) is 1. The molecule has 0 amide bonds. The third-order valence-corrected chi connectivity index (χ3v) is 2.88. The maximum atomic E-state index is 12.0. The van der Waals surface area contributed by atoms with Gasteiger partial charge >= 0.3 is 11.9 Å². The largest absolute Gasteiger partial charge is 0.481 e. The summed E-state index contributed by atoms with van der Waals surface area (Å²) in [7, 11) is 0. The molecule has 0 aromatic carbocycles. The molecule has 0 radical (unpaired) electrons. The normalized spacial score (nSPS) is 19.4. The first-order chi connectivity index (χ1) is 7.25. The molecule has 0 aromatic rings. The average Bonchev–Trinajstić information content (AvgIpc) is 2.49. The molecule has 1 rings (SSSR count). The van der Waals surface area contributed by atoms with Gasteiger partial charge in [0.05, 0.1) is 11.8 Å². The molecule has 0 spiro atoms. The minimum atomic E-state index is -0.923. The van der Waals surface area contributed by atoms with Crippen LogP contribution in [0.4, 0.5) is 0 Å². The molecule has 4 heteroatoms. The first-order valence-electron chi connectivity index (χ1n) is 5.70. The molecule has 0 saturated heterocycles. The molecule has 16 heavy (non-hydrogen) atoms. The van der Waals surface area contributed by atoms with Crippen LogP contribution >= 0.6 is 0 Å². The number of carbonyl (C=O) groups excluding carboxylic acids is 1. The Morgan fingerprint density at radius 2 is 1.75 bits per heavy atom. The number of hydrogen-bond acceptors (Lipinski definition) is 3. The lowest BCUT2D eigenvalue weighted by molar-refractivity contribution is -0.171. The van der Waals surface area contributed by atoms with E-state index in [4.69, 9.17) is 9.84 Å². The third kappa shape index (κ3) is 3.22.